The maximum absolute atomic E-state index is 12.6. The summed E-state index contributed by atoms with van der Waals surface area (Å²) < 4.78 is 56.2. The van der Waals surface area contributed by atoms with Gasteiger partial charge in [-0.1, -0.05) is 12.1 Å². The van der Waals surface area contributed by atoms with Gasteiger partial charge in [0.15, 0.2) is 0 Å². The average molecular weight is 404 g/mol. The van der Waals surface area contributed by atoms with Gasteiger partial charge in [0.25, 0.3) is 5.56 Å². The molecule has 2 heterocycles. The van der Waals surface area contributed by atoms with E-state index in [0.717, 1.165) is 17.7 Å². The number of hydrogen-bond acceptors (Lipinski definition) is 5. The first kappa shape index (κ1) is 19.0. The number of fused-ring (bicyclic) bond motifs is 1. The van der Waals surface area contributed by atoms with Crippen LogP contribution >= 0.6 is 0 Å². The SMILES string of the molecule is O=c1ccn2c(n1)O[C@H](OCc1ccc(Oc3ccc(C(F)(F)F)cc3)cc1)C2. The van der Waals surface area contributed by atoms with Crippen molar-refractivity contribution < 1.29 is 27.4 Å². The number of aromatic nitrogens is 2. The van der Waals surface area contributed by atoms with Crippen LogP contribution in [0.1, 0.15) is 11.1 Å². The zero-order valence-corrected chi connectivity index (χ0v) is 14.9. The van der Waals surface area contributed by atoms with Gasteiger partial charge < -0.3 is 14.2 Å². The number of alkyl halides is 3. The van der Waals surface area contributed by atoms with E-state index >= 15 is 0 Å². The van der Waals surface area contributed by atoms with E-state index in [9.17, 15) is 18.0 Å². The van der Waals surface area contributed by atoms with Crippen LogP contribution in [0.15, 0.2) is 65.6 Å². The van der Waals surface area contributed by atoms with Crippen LogP contribution in [-0.2, 0) is 24.1 Å². The molecule has 0 unspecified atom stereocenters. The molecule has 0 saturated heterocycles. The van der Waals surface area contributed by atoms with Crippen molar-refractivity contribution in [2.24, 2.45) is 0 Å². The molecule has 6 nitrogen and oxygen atoms in total. The highest BCUT2D eigenvalue weighted by Crippen LogP contribution is 2.31. The van der Waals surface area contributed by atoms with E-state index < -0.39 is 18.0 Å². The van der Waals surface area contributed by atoms with Gasteiger partial charge in [0.1, 0.15) is 11.5 Å². The Morgan fingerprint density at radius 1 is 1.03 bits per heavy atom. The molecule has 29 heavy (non-hydrogen) atoms. The number of ether oxygens (including phenoxy) is 3. The monoisotopic (exact) mass is 404 g/mol. The van der Waals surface area contributed by atoms with E-state index in [1.807, 2.05) is 0 Å². The lowest BCUT2D eigenvalue weighted by molar-refractivity contribution is -0.137. The van der Waals surface area contributed by atoms with Crippen molar-refractivity contribution in [2.45, 2.75) is 25.6 Å². The molecule has 150 valence electrons. The van der Waals surface area contributed by atoms with Crippen LogP contribution in [0.5, 0.6) is 17.5 Å². The molecule has 0 N–H and O–H groups in total. The first-order valence-electron chi connectivity index (χ1n) is 8.67. The highest BCUT2D eigenvalue weighted by Gasteiger charge is 2.30. The molecule has 3 aromatic rings. The Morgan fingerprint density at radius 3 is 2.34 bits per heavy atom. The van der Waals surface area contributed by atoms with Crippen LogP contribution in [0.25, 0.3) is 0 Å². The van der Waals surface area contributed by atoms with Gasteiger partial charge in [0.05, 0.1) is 18.7 Å². The Morgan fingerprint density at radius 2 is 1.69 bits per heavy atom. The first-order valence-corrected chi connectivity index (χ1v) is 8.67. The molecule has 1 aliphatic rings. The summed E-state index contributed by atoms with van der Waals surface area (Å²) in [7, 11) is 0. The van der Waals surface area contributed by atoms with Gasteiger partial charge in [-0.3, -0.25) is 9.36 Å². The van der Waals surface area contributed by atoms with E-state index in [-0.39, 0.29) is 18.2 Å². The molecular formula is C20H15F3N2O4. The number of halogens is 3. The Labute approximate surface area is 163 Å². The van der Waals surface area contributed by atoms with Crippen LogP contribution in [0.3, 0.4) is 0 Å². The lowest BCUT2D eigenvalue weighted by Gasteiger charge is -2.11. The Hall–Kier alpha value is -3.33. The summed E-state index contributed by atoms with van der Waals surface area (Å²) in [5.74, 6) is 0.794. The van der Waals surface area contributed by atoms with Crippen molar-refractivity contribution >= 4 is 0 Å². The number of rotatable bonds is 5. The summed E-state index contributed by atoms with van der Waals surface area (Å²) in [6.07, 6.45) is -3.33. The average Bonchev–Trinajstić information content (AvgIpc) is 3.09. The van der Waals surface area contributed by atoms with Gasteiger partial charge in [-0.15, -0.1) is 0 Å². The van der Waals surface area contributed by atoms with Gasteiger partial charge in [0.2, 0.25) is 6.29 Å². The predicted octanol–water partition coefficient (Wildman–Crippen LogP) is 3.99. The van der Waals surface area contributed by atoms with Crippen LogP contribution in [0.4, 0.5) is 13.2 Å². The Balaban J connectivity index is 1.31. The van der Waals surface area contributed by atoms with Crippen LogP contribution in [-0.4, -0.2) is 15.8 Å². The zero-order chi connectivity index (χ0) is 20.4. The summed E-state index contributed by atoms with van der Waals surface area (Å²) in [5.41, 5.74) is -0.249. The van der Waals surface area contributed by atoms with Crippen LogP contribution in [0, 0.1) is 0 Å². The smallest absolute Gasteiger partial charge is 0.416 e. The van der Waals surface area contributed by atoms with Crippen molar-refractivity contribution in [2.75, 3.05) is 0 Å². The second-order valence-corrected chi connectivity index (χ2v) is 6.33. The van der Waals surface area contributed by atoms with E-state index in [1.54, 1.807) is 35.0 Å². The normalized spacial score (nSPS) is 15.6. The molecule has 0 spiro atoms. The topological polar surface area (TPSA) is 62.6 Å². The van der Waals surface area contributed by atoms with E-state index in [2.05, 4.69) is 4.98 Å². The molecular weight excluding hydrogens is 389 g/mol. The third kappa shape index (κ3) is 4.57. The molecule has 0 saturated carbocycles. The highest BCUT2D eigenvalue weighted by atomic mass is 19.4. The lowest BCUT2D eigenvalue weighted by Crippen LogP contribution is -2.18. The molecule has 4 rings (SSSR count). The third-order valence-corrected chi connectivity index (χ3v) is 4.21. The maximum atomic E-state index is 12.6. The minimum absolute atomic E-state index is 0.225. The summed E-state index contributed by atoms with van der Waals surface area (Å²) in [5, 5.41) is 0. The fraction of sp³-hybridized carbons (Fsp3) is 0.200. The van der Waals surface area contributed by atoms with Gasteiger partial charge in [-0.2, -0.15) is 18.2 Å². The fourth-order valence-electron chi connectivity index (χ4n) is 2.74. The predicted molar refractivity (Wildman–Crippen MR) is 95.7 cm³/mol. The number of hydrogen-bond donors (Lipinski definition) is 0. The van der Waals surface area contributed by atoms with Crippen LogP contribution in [0.2, 0.25) is 0 Å². The van der Waals surface area contributed by atoms with Crippen LogP contribution < -0.4 is 15.0 Å². The van der Waals surface area contributed by atoms with Crippen molar-refractivity contribution in [3.8, 4) is 17.5 Å². The van der Waals surface area contributed by atoms with E-state index in [0.29, 0.717) is 18.0 Å². The third-order valence-electron chi connectivity index (χ3n) is 4.21. The van der Waals surface area contributed by atoms with Gasteiger partial charge in [-0.05, 0) is 42.0 Å². The standard InChI is InChI=1S/C20H15F3N2O4/c21-20(22,23)14-3-7-16(8-4-14)28-15-5-1-13(2-6-15)12-27-18-11-25-10-9-17(26)24-19(25)29-18/h1-10,18H,11-12H2/t18-/m0/s1. The summed E-state index contributed by atoms with van der Waals surface area (Å²) in [6.45, 7) is 0.696. The van der Waals surface area contributed by atoms with Crippen molar-refractivity contribution in [1.82, 2.24) is 9.55 Å². The minimum atomic E-state index is -4.38. The zero-order valence-electron chi connectivity index (χ0n) is 14.9. The van der Waals surface area contributed by atoms with Gasteiger partial charge in [-0.25, -0.2) is 0 Å². The second-order valence-electron chi connectivity index (χ2n) is 6.33. The number of nitrogens with zero attached hydrogens (tertiary/aromatic N) is 2. The highest BCUT2D eigenvalue weighted by molar-refractivity contribution is 5.35. The Bertz CT molecular complexity index is 1050. The minimum Gasteiger partial charge on any atom is -0.457 e. The molecule has 1 aliphatic heterocycles. The largest absolute Gasteiger partial charge is 0.457 e. The quantitative estimate of drug-likeness (QED) is 0.644. The first-order chi connectivity index (χ1) is 13.9. The molecule has 1 aromatic heterocycles. The summed E-state index contributed by atoms with van der Waals surface area (Å²) in [6, 6.07) is 13.0. The Kier molecular flexibility index (Phi) is 4.98. The fourth-order valence-corrected chi connectivity index (χ4v) is 2.74. The second kappa shape index (κ2) is 7.59. The van der Waals surface area contributed by atoms with Crippen molar-refractivity contribution in [3.63, 3.8) is 0 Å². The molecule has 0 fully saturated rings. The maximum Gasteiger partial charge on any atom is 0.416 e. The molecule has 0 radical (unpaired) electrons. The lowest BCUT2D eigenvalue weighted by atomic mass is 10.2. The molecule has 2 aromatic carbocycles. The van der Waals surface area contributed by atoms with E-state index in [4.69, 9.17) is 14.2 Å². The molecule has 1 atom stereocenters. The summed E-state index contributed by atoms with van der Waals surface area (Å²) in [4.78, 5) is 15.0. The molecule has 0 bridgehead atoms. The van der Waals surface area contributed by atoms with E-state index in [1.165, 1.54) is 18.2 Å². The van der Waals surface area contributed by atoms with Gasteiger partial charge >= 0.3 is 12.2 Å². The summed E-state index contributed by atoms with van der Waals surface area (Å²) >= 11 is 0. The molecule has 0 amide bonds. The molecule has 9 heteroatoms. The molecule has 0 aliphatic carbocycles. The van der Waals surface area contributed by atoms with Crippen molar-refractivity contribution in [3.05, 3.63) is 82.3 Å². The van der Waals surface area contributed by atoms with Gasteiger partial charge in [0, 0.05) is 12.3 Å². The van der Waals surface area contributed by atoms with Crippen molar-refractivity contribution in [1.29, 1.82) is 0 Å². The number of benzene rings is 2.